The Kier molecular flexibility index (Phi) is 12.1. The van der Waals surface area contributed by atoms with Crippen LogP contribution in [0, 0.1) is 0 Å². The molecule has 0 aliphatic carbocycles. The predicted octanol–water partition coefficient (Wildman–Crippen LogP) is 6.20. The van der Waals surface area contributed by atoms with Crippen molar-refractivity contribution in [2.45, 2.75) is 13.8 Å². The van der Waals surface area contributed by atoms with Crippen LogP contribution in [0.4, 0.5) is 0 Å². The molecule has 0 saturated carbocycles. The van der Waals surface area contributed by atoms with E-state index in [4.69, 9.17) is 28.4 Å². The molecule has 0 radical (unpaired) electrons. The molecule has 0 spiro atoms. The summed E-state index contributed by atoms with van der Waals surface area (Å²) in [6.45, 7) is 17.6. The molecular formula is C36H34O10. The summed E-state index contributed by atoms with van der Waals surface area (Å²) in [7, 11) is 2.88. The number of carbonyl (C=O) groups is 4. The molecule has 10 nitrogen and oxygen atoms in total. The molecule has 3 rings (SSSR count). The van der Waals surface area contributed by atoms with E-state index in [1.165, 1.54) is 28.1 Å². The van der Waals surface area contributed by atoms with Crippen LogP contribution < -0.4 is 18.9 Å². The highest BCUT2D eigenvalue weighted by molar-refractivity contribution is 5.94. The molecule has 10 heteroatoms. The van der Waals surface area contributed by atoms with E-state index in [1.54, 1.807) is 60.7 Å². The van der Waals surface area contributed by atoms with Crippen LogP contribution in [-0.2, 0) is 28.7 Å². The van der Waals surface area contributed by atoms with Crippen LogP contribution >= 0.6 is 0 Å². The number of hydrogen-bond acceptors (Lipinski definition) is 10. The van der Waals surface area contributed by atoms with Crippen LogP contribution in [0.5, 0.6) is 23.0 Å². The Morgan fingerprint density at radius 1 is 0.522 bits per heavy atom. The largest absolute Gasteiger partial charge is 0.423 e. The molecular weight excluding hydrogens is 592 g/mol. The van der Waals surface area contributed by atoms with Crippen molar-refractivity contribution in [3.05, 3.63) is 109 Å². The monoisotopic (exact) mass is 626 g/mol. The minimum Gasteiger partial charge on any atom is -0.423 e. The van der Waals surface area contributed by atoms with E-state index in [0.29, 0.717) is 22.3 Å². The van der Waals surface area contributed by atoms with Crippen molar-refractivity contribution in [2.75, 3.05) is 27.4 Å². The highest BCUT2D eigenvalue weighted by atomic mass is 16.6. The minimum atomic E-state index is -0.681. The third-order valence-electron chi connectivity index (χ3n) is 6.15. The fraction of sp³-hybridized carbons (Fsp3) is 0.167. The Balaban J connectivity index is 2.10. The van der Waals surface area contributed by atoms with E-state index < -0.39 is 23.9 Å². The molecule has 0 unspecified atom stereocenters. The molecule has 0 aliphatic rings. The number of ether oxygens (including phenoxy) is 6. The fourth-order valence-electron chi connectivity index (χ4n) is 3.78. The maximum absolute atomic E-state index is 12.7. The van der Waals surface area contributed by atoms with Crippen LogP contribution in [0.15, 0.2) is 109 Å². The first kappa shape index (κ1) is 34.9. The van der Waals surface area contributed by atoms with Gasteiger partial charge in [-0.3, -0.25) is 0 Å². The second-order valence-corrected chi connectivity index (χ2v) is 10.1. The summed E-state index contributed by atoms with van der Waals surface area (Å²) in [6, 6.07) is 15.8. The Labute approximate surface area is 267 Å². The predicted molar refractivity (Wildman–Crippen MR) is 172 cm³/mol. The molecule has 0 aromatic heterocycles. The van der Waals surface area contributed by atoms with E-state index >= 15 is 0 Å². The Bertz CT molecular complexity index is 1570. The average Bonchev–Trinajstić information content (AvgIpc) is 3.02. The zero-order valence-corrected chi connectivity index (χ0v) is 26.1. The summed E-state index contributed by atoms with van der Waals surface area (Å²) in [5.41, 5.74) is 2.44. The Morgan fingerprint density at radius 2 is 0.848 bits per heavy atom. The number of rotatable bonds is 14. The quantitative estimate of drug-likeness (QED) is 0.116. The van der Waals surface area contributed by atoms with Gasteiger partial charge in [0.15, 0.2) is 0 Å². The number of hydrogen-bond donors (Lipinski definition) is 0. The van der Waals surface area contributed by atoms with Gasteiger partial charge in [0.1, 0.15) is 23.0 Å². The van der Waals surface area contributed by atoms with Crippen molar-refractivity contribution in [1.82, 2.24) is 0 Å². The van der Waals surface area contributed by atoms with E-state index in [9.17, 15) is 19.2 Å². The SMILES string of the molecule is C=C(C)C(=O)Oc1cc(-c2ccc(OC(=O)C(=C)COC)cc2)c(OC(=O)C(=C)C)cc1-c1ccc(OC(=O)C(=C)COC)cc1. The molecule has 0 aliphatic heterocycles. The van der Waals surface area contributed by atoms with Crippen LogP contribution in [0.25, 0.3) is 22.3 Å². The van der Waals surface area contributed by atoms with Gasteiger partial charge in [0, 0.05) is 36.5 Å². The standard InChI is InChI=1S/C36H34O10/c1-21(2)33(37)45-31-17-30(26-11-15-28(16-12-26)44-36(40)24(6)20-42-8)32(46-34(38)22(3)4)18-29(31)25-9-13-27(14-10-25)43-35(39)23(5)19-41-7/h9-18H,1,3,5-6,19-20H2,2,4,7-8H3. The molecule has 0 bridgehead atoms. The summed E-state index contributed by atoms with van der Waals surface area (Å²) in [5, 5.41) is 0. The molecule has 3 aromatic carbocycles. The van der Waals surface area contributed by atoms with Gasteiger partial charge in [-0.25, -0.2) is 19.2 Å². The zero-order valence-electron chi connectivity index (χ0n) is 26.1. The van der Waals surface area contributed by atoms with E-state index in [-0.39, 0.29) is 58.5 Å². The summed E-state index contributed by atoms with van der Waals surface area (Å²) in [4.78, 5) is 49.8. The molecule has 0 amide bonds. The summed E-state index contributed by atoms with van der Waals surface area (Å²) in [5.74, 6) is -1.92. The van der Waals surface area contributed by atoms with Gasteiger partial charge in [0.25, 0.3) is 0 Å². The number of esters is 4. The van der Waals surface area contributed by atoms with Crippen molar-refractivity contribution in [3.63, 3.8) is 0 Å². The molecule has 0 saturated heterocycles. The highest BCUT2D eigenvalue weighted by Gasteiger charge is 2.21. The van der Waals surface area contributed by atoms with Crippen LogP contribution in [0.2, 0.25) is 0 Å². The molecule has 0 fully saturated rings. The fourth-order valence-corrected chi connectivity index (χ4v) is 3.78. The number of benzene rings is 3. The van der Waals surface area contributed by atoms with Crippen molar-refractivity contribution in [1.29, 1.82) is 0 Å². The van der Waals surface area contributed by atoms with Gasteiger partial charge in [-0.1, -0.05) is 50.6 Å². The van der Waals surface area contributed by atoms with Crippen molar-refractivity contribution >= 4 is 23.9 Å². The first-order chi connectivity index (χ1) is 21.8. The molecule has 3 aromatic rings. The van der Waals surface area contributed by atoms with Crippen LogP contribution in [0.3, 0.4) is 0 Å². The molecule has 0 atom stereocenters. The Hall–Kier alpha value is -5.58. The third kappa shape index (κ3) is 9.21. The van der Waals surface area contributed by atoms with Crippen molar-refractivity contribution in [2.24, 2.45) is 0 Å². The molecule has 0 heterocycles. The van der Waals surface area contributed by atoms with Gasteiger partial charge in [-0.05, 0) is 61.4 Å². The maximum Gasteiger partial charge on any atom is 0.341 e. The van der Waals surface area contributed by atoms with Crippen LogP contribution in [0.1, 0.15) is 13.8 Å². The average molecular weight is 627 g/mol. The van der Waals surface area contributed by atoms with E-state index in [1.807, 2.05) is 0 Å². The lowest BCUT2D eigenvalue weighted by molar-refractivity contribution is -0.131. The normalized spacial score (nSPS) is 10.3. The highest BCUT2D eigenvalue weighted by Crippen LogP contribution is 2.42. The Morgan fingerprint density at radius 3 is 1.13 bits per heavy atom. The molecule has 238 valence electrons. The zero-order chi connectivity index (χ0) is 34.0. The first-order valence-corrected chi connectivity index (χ1v) is 13.8. The molecule has 0 N–H and O–H groups in total. The smallest absolute Gasteiger partial charge is 0.341 e. The topological polar surface area (TPSA) is 124 Å². The van der Waals surface area contributed by atoms with Crippen LogP contribution in [-0.4, -0.2) is 51.3 Å². The van der Waals surface area contributed by atoms with E-state index in [0.717, 1.165) is 0 Å². The van der Waals surface area contributed by atoms with Gasteiger partial charge >= 0.3 is 23.9 Å². The summed E-state index contributed by atoms with van der Waals surface area (Å²) < 4.78 is 32.0. The molecule has 46 heavy (non-hydrogen) atoms. The summed E-state index contributed by atoms with van der Waals surface area (Å²) in [6.07, 6.45) is 0. The van der Waals surface area contributed by atoms with Crippen molar-refractivity contribution < 1.29 is 47.6 Å². The number of carbonyl (C=O) groups excluding carboxylic acids is 4. The minimum absolute atomic E-state index is 0.0183. The second kappa shape index (κ2) is 15.9. The third-order valence-corrected chi connectivity index (χ3v) is 6.15. The van der Waals surface area contributed by atoms with Crippen molar-refractivity contribution in [3.8, 4) is 45.3 Å². The lowest BCUT2D eigenvalue weighted by Crippen LogP contribution is -2.14. The second-order valence-electron chi connectivity index (χ2n) is 10.1. The maximum atomic E-state index is 12.7. The van der Waals surface area contributed by atoms with Gasteiger partial charge in [-0.2, -0.15) is 0 Å². The van der Waals surface area contributed by atoms with Gasteiger partial charge in [0.2, 0.25) is 0 Å². The van der Waals surface area contributed by atoms with Gasteiger partial charge < -0.3 is 28.4 Å². The van der Waals surface area contributed by atoms with Gasteiger partial charge in [0.05, 0.1) is 24.4 Å². The number of methoxy groups -OCH3 is 2. The van der Waals surface area contributed by atoms with Gasteiger partial charge in [-0.15, -0.1) is 0 Å². The van der Waals surface area contributed by atoms with E-state index in [2.05, 4.69) is 26.3 Å². The first-order valence-electron chi connectivity index (χ1n) is 13.8. The lowest BCUT2D eigenvalue weighted by atomic mass is 9.97. The summed E-state index contributed by atoms with van der Waals surface area (Å²) >= 11 is 0. The lowest BCUT2D eigenvalue weighted by Gasteiger charge is -2.17.